The normalized spacial score (nSPS) is 14.6. The molecule has 1 N–H and O–H groups in total. The number of sulfonamides is 1. The van der Waals surface area contributed by atoms with Crippen molar-refractivity contribution >= 4 is 27.3 Å². The summed E-state index contributed by atoms with van der Waals surface area (Å²) in [6.07, 6.45) is 1.21. The predicted molar refractivity (Wildman–Crippen MR) is 101 cm³/mol. The van der Waals surface area contributed by atoms with Gasteiger partial charge in [-0.2, -0.15) is 0 Å². The van der Waals surface area contributed by atoms with Crippen LogP contribution >= 0.6 is 0 Å². The van der Waals surface area contributed by atoms with Crippen LogP contribution in [0.4, 0.5) is 11.4 Å². The number of anilines is 2. The van der Waals surface area contributed by atoms with Gasteiger partial charge in [-0.25, -0.2) is 8.42 Å². The third kappa shape index (κ3) is 3.53. The van der Waals surface area contributed by atoms with E-state index in [0.29, 0.717) is 30.1 Å². The fourth-order valence-electron chi connectivity index (χ4n) is 3.00. The lowest BCUT2D eigenvalue weighted by Gasteiger charge is -2.20. The number of hydrogen-bond acceptors (Lipinski definition) is 4. The Hall–Kier alpha value is -2.54. The van der Waals surface area contributed by atoms with Crippen LogP contribution in [0.25, 0.3) is 0 Å². The monoisotopic (exact) mass is 374 g/mol. The van der Waals surface area contributed by atoms with Crippen LogP contribution in [0.2, 0.25) is 0 Å². The van der Waals surface area contributed by atoms with Crippen molar-refractivity contribution in [1.82, 2.24) is 0 Å². The Balaban J connectivity index is 2.00. The highest BCUT2D eigenvalue weighted by Crippen LogP contribution is 2.34. The zero-order valence-corrected chi connectivity index (χ0v) is 15.9. The van der Waals surface area contributed by atoms with Gasteiger partial charge in [0.1, 0.15) is 5.75 Å². The van der Waals surface area contributed by atoms with E-state index in [1.807, 2.05) is 26.0 Å². The first-order valence-corrected chi connectivity index (χ1v) is 9.88. The Morgan fingerprint density at radius 1 is 1.12 bits per heavy atom. The Labute approximate surface area is 153 Å². The lowest BCUT2D eigenvalue weighted by Crippen LogP contribution is -2.25. The van der Waals surface area contributed by atoms with Gasteiger partial charge >= 0.3 is 0 Å². The molecule has 0 radical (unpaired) electrons. The SMILES string of the molecule is COc1ccc(S(=O)(=O)Nc2cc(C)ccc2C)cc1N1CCCC1=O. The molecule has 1 saturated heterocycles. The summed E-state index contributed by atoms with van der Waals surface area (Å²) in [4.78, 5) is 13.8. The maximum atomic E-state index is 12.9. The van der Waals surface area contributed by atoms with Gasteiger partial charge in [-0.1, -0.05) is 12.1 Å². The van der Waals surface area contributed by atoms with Gasteiger partial charge in [-0.15, -0.1) is 0 Å². The van der Waals surface area contributed by atoms with E-state index >= 15 is 0 Å². The highest BCUT2D eigenvalue weighted by Gasteiger charge is 2.26. The standard InChI is InChI=1S/C19H22N2O4S/c1-13-6-7-14(2)16(11-13)20-26(23,24)15-8-9-18(25-3)17(12-15)21-10-4-5-19(21)22/h6-9,11-12,20H,4-5,10H2,1-3H3. The number of nitrogens with one attached hydrogen (secondary N) is 1. The highest BCUT2D eigenvalue weighted by molar-refractivity contribution is 7.92. The number of benzene rings is 2. The minimum Gasteiger partial charge on any atom is -0.495 e. The number of hydrogen-bond donors (Lipinski definition) is 1. The van der Waals surface area contributed by atoms with Crippen molar-refractivity contribution in [3.63, 3.8) is 0 Å². The van der Waals surface area contributed by atoms with Crippen molar-refractivity contribution in [2.45, 2.75) is 31.6 Å². The summed E-state index contributed by atoms with van der Waals surface area (Å²) >= 11 is 0. The zero-order chi connectivity index (χ0) is 18.9. The summed E-state index contributed by atoms with van der Waals surface area (Å²) in [5.41, 5.74) is 2.83. The minimum atomic E-state index is -3.79. The molecule has 1 aliphatic heterocycles. The molecule has 3 rings (SSSR count). The molecule has 6 nitrogen and oxygen atoms in total. The van der Waals surface area contributed by atoms with E-state index in [-0.39, 0.29) is 10.8 Å². The molecule has 0 aliphatic carbocycles. The molecule has 2 aromatic carbocycles. The highest BCUT2D eigenvalue weighted by atomic mass is 32.2. The van der Waals surface area contributed by atoms with Crippen molar-refractivity contribution in [3.8, 4) is 5.75 Å². The first kappa shape index (κ1) is 18.3. The Bertz CT molecular complexity index is 954. The van der Waals surface area contributed by atoms with Crippen LogP contribution in [-0.4, -0.2) is 28.0 Å². The Morgan fingerprint density at radius 3 is 2.54 bits per heavy atom. The molecule has 1 fully saturated rings. The van der Waals surface area contributed by atoms with Crippen LogP contribution in [0.1, 0.15) is 24.0 Å². The van der Waals surface area contributed by atoms with Gasteiger partial charge in [-0.3, -0.25) is 9.52 Å². The second kappa shape index (κ2) is 6.99. The van der Waals surface area contributed by atoms with Crippen molar-refractivity contribution in [2.75, 3.05) is 23.3 Å². The molecule has 26 heavy (non-hydrogen) atoms. The molecule has 1 heterocycles. The van der Waals surface area contributed by atoms with Crippen molar-refractivity contribution in [2.24, 2.45) is 0 Å². The smallest absolute Gasteiger partial charge is 0.261 e. The molecule has 0 bridgehead atoms. The second-order valence-corrected chi connectivity index (χ2v) is 8.09. The summed E-state index contributed by atoms with van der Waals surface area (Å²) in [5, 5.41) is 0. The molecular formula is C19H22N2O4S. The molecule has 138 valence electrons. The van der Waals surface area contributed by atoms with Crippen molar-refractivity contribution < 1.29 is 17.9 Å². The molecule has 0 saturated carbocycles. The molecule has 1 amide bonds. The molecular weight excluding hydrogens is 352 g/mol. The fraction of sp³-hybridized carbons (Fsp3) is 0.316. The quantitative estimate of drug-likeness (QED) is 0.872. The van der Waals surface area contributed by atoms with Gasteiger partial charge in [0.05, 0.1) is 23.4 Å². The summed E-state index contributed by atoms with van der Waals surface area (Å²) in [7, 11) is -2.29. The number of rotatable bonds is 5. The number of ether oxygens (including phenoxy) is 1. The third-order valence-electron chi connectivity index (χ3n) is 4.46. The van der Waals surface area contributed by atoms with E-state index in [0.717, 1.165) is 17.5 Å². The van der Waals surface area contributed by atoms with E-state index < -0.39 is 10.0 Å². The molecule has 0 unspecified atom stereocenters. The van der Waals surface area contributed by atoms with Gasteiger partial charge in [-0.05, 0) is 55.7 Å². The largest absolute Gasteiger partial charge is 0.495 e. The first-order valence-electron chi connectivity index (χ1n) is 8.40. The van der Waals surface area contributed by atoms with Gasteiger partial charge in [0, 0.05) is 13.0 Å². The second-order valence-electron chi connectivity index (χ2n) is 6.41. The van der Waals surface area contributed by atoms with E-state index in [2.05, 4.69) is 4.72 Å². The number of nitrogens with zero attached hydrogens (tertiary/aromatic N) is 1. The molecule has 2 aromatic rings. The Morgan fingerprint density at radius 2 is 1.88 bits per heavy atom. The lowest BCUT2D eigenvalue weighted by molar-refractivity contribution is -0.117. The van der Waals surface area contributed by atoms with Crippen LogP contribution in [0.3, 0.4) is 0 Å². The van der Waals surface area contributed by atoms with Gasteiger partial charge < -0.3 is 9.64 Å². The van der Waals surface area contributed by atoms with Crippen molar-refractivity contribution in [3.05, 3.63) is 47.5 Å². The maximum absolute atomic E-state index is 12.9. The van der Waals surface area contributed by atoms with E-state index in [4.69, 9.17) is 4.74 Å². The molecule has 0 aromatic heterocycles. The van der Waals surface area contributed by atoms with Crippen LogP contribution in [0.15, 0.2) is 41.3 Å². The molecule has 0 spiro atoms. The average molecular weight is 374 g/mol. The summed E-state index contributed by atoms with van der Waals surface area (Å²) in [6.45, 7) is 4.31. The summed E-state index contributed by atoms with van der Waals surface area (Å²) < 4.78 is 33.7. The summed E-state index contributed by atoms with van der Waals surface area (Å²) in [5.74, 6) is 0.450. The fourth-order valence-corrected chi connectivity index (χ4v) is 4.14. The summed E-state index contributed by atoms with van der Waals surface area (Å²) in [6, 6.07) is 10.2. The minimum absolute atomic E-state index is 0.0275. The van der Waals surface area contributed by atoms with Crippen LogP contribution in [0.5, 0.6) is 5.75 Å². The molecule has 1 aliphatic rings. The third-order valence-corrected chi connectivity index (χ3v) is 5.83. The van der Waals surface area contributed by atoms with Gasteiger partial charge in [0.25, 0.3) is 10.0 Å². The molecule has 7 heteroatoms. The maximum Gasteiger partial charge on any atom is 0.261 e. The number of amides is 1. The number of carbonyl (C=O) groups is 1. The van der Waals surface area contributed by atoms with Crippen molar-refractivity contribution in [1.29, 1.82) is 0 Å². The van der Waals surface area contributed by atoms with Crippen LogP contribution in [-0.2, 0) is 14.8 Å². The zero-order valence-electron chi connectivity index (χ0n) is 15.1. The number of aryl methyl sites for hydroxylation is 2. The van der Waals surface area contributed by atoms with E-state index in [9.17, 15) is 13.2 Å². The van der Waals surface area contributed by atoms with Crippen LogP contribution < -0.4 is 14.4 Å². The number of carbonyl (C=O) groups excluding carboxylic acids is 1. The van der Waals surface area contributed by atoms with E-state index in [1.165, 1.54) is 19.2 Å². The number of methoxy groups -OCH3 is 1. The molecule has 0 atom stereocenters. The average Bonchev–Trinajstić information content (AvgIpc) is 3.03. The Kier molecular flexibility index (Phi) is 4.91. The van der Waals surface area contributed by atoms with Gasteiger partial charge in [0.2, 0.25) is 5.91 Å². The van der Waals surface area contributed by atoms with Crippen LogP contribution in [0, 0.1) is 13.8 Å². The first-order chi connectivity index (χ1) is 12.3. The predicted octanol–water partition coefficient (Wildman–Crippen LogP) is 3.24. The van der Waals surface area contributed by atoms with E-state index in [1.54, 1.807) is 17.0 Å². The topological polar surface area (TPSA) is 75.7 Å². The lowest BCUT2D eigenvalue weighted by atomic mass is 10.1. The van der Waals surface area contributed by atoms with Gasteiger partial charge in [0.15, 0.2) is 0 Å².